The summed E-state index contributed by atoms with van der Waals surface area (Å²) in [5.41, 5.74) is 0.636. The van der Waals surface area contributed by atoms with Crippen molar-refractivity contribution in [3.05, 3.63) is 29.8 Å². The lowest BCUT2D eigenvalue weighted by molar-refractivity contribution is -0.121. The van der Waals surface area contributed by atoms with Crippen LogP contribution >= 0.6 is 11.8 Å². The Morgan fingerprint density at radius 2 is 2.11 bits per heavy atom. The maximum absolute atomic E-state index is 12.4. The molecule has 19 heavy (non-hydrogen) atoms. The number of hydrogen-bond donors (Lipinski definition) is 1. The molecule has 0 radical (unpaired) electrons. The largest absolute Gasteiger partial charge is 0.337 e. The highest BCUT2D eigenvalue weighted by Crippen LogP contribution is 2.37. The Balaban J connectivity index is 1.69. The van der Waals surface area contributed by atoms with Crippen molar-refractivity contribution in [2.45, 2.75) is 47.8 Å². The summed E-state index contributed by atoms with van der Waals surface area (Å²) in [5, 5.41) is 12.2. The number of carbonyl (C=O) groups is 1. The summed E-state index contributed by atoms with van der Waals surface area (Å²) in [6.45, 7) is 0. The molecule has 1 unspecified atom stereocenters. The number of nitrogens with one attached hydrogen (secondary N) is 1. The number of nitrogens with zero attached hydrogens (tertiary/aromatic N) is 1. The van der Waals surface area contributed by atoms with Crippen LogP contribution in [0.2, 0.25) is 0 Å². The Morgan fingerprint density at radius 3 is 2.79 bits per heavy atom. The number of rotatable bonds is 2. The fraction of sp³-hybridized carbons (Fsp3) is 0.467. The number of carbonyl (C=O) groups excluding carboxylic acids is 1. The molecule has 0 spiro atoms. The molecule has 1 atom stereocenters. The molecule has 1 aliphatic carbocycles. The first-order chi connectivity index (χ1) is 9.22. The van der Waals surface area contributed by atoms with E-state index in [0.29, 0.717) is 0 Å². The van der Waals surface area contributed by atoms with Crippen molar-refractivity contribution in [1.82, 2.24) is 5.32 Å². The highest BCUT2D eigenvalue weighted by molar-refractivity contribution is 8.01. The van der Waals surface area contributed by atoms with E-state index in [2.05, 4.69) is 23.5 Å². The van der Waals surface area contributed by atoms with Gasteiger partial charge in [0.1, 0.15) is 5.54 Å². The number of amides is 1. The predicted octanol–water partition coefficient (Wildman–Crippen LogP) is 2.66. The molecule has 0 saturated heterocycles. The number of hydrogen-bond acceptors (Lipinski definition) is 3. The average molecular weight is 272 g/mol. The Morgan fingerprint density at radius 1 is 1.37 bits per heavy atom. The Hall–Kier alpha value is -1.47. The third-order valence-electron chi connectivity index (χ3n) is 3.97. The summed E-state index contributed by atoms with van der Waals surface area (Å²) in [4.78, 5) is 13.5. The molecule has 0 aromatic heterocycles. The van der Waals surface area contributed by atoms with Gasteiger partial charge in [-0.25, -0.2) is 0 Å². The van der Waals surface area contributed by atoms with Crippen LogP contribution in [0.4, 0.5) is 0 Å². The third kappa shape index (κ3) is 2.35. The van der Waals surface area contributed by atoms with E-state index in [1.807, 2.05) is 12.1 Å². The van der Waals surface area contributed by atoms with Crippen molar-refractivity contribution in [2.24, 2.45) is 0 Å². The van der Waals surface area contributed by atoms with Crippen LogP contribution in [0.25, 0.3) is 0 Å². The van der Waals surface area contributed by atoms with Crippen molar-refractivity contribution >= 4 is 17.7 Å². The third-order valence-corrected chi connectivity index (χ3v) is 5.29. The van der Waals surface area contributed by atoms with Crippen LogP contribution in [-0.4, -0.2) is 16.7 Å². The van der Waals surface area contributed by atoms with Crippen molar-refractivity contribution in [1.29, 1.82) is 5.26 Å². The number of fused-ring (bicyclic) bond motifs is 1. The van der Waals surface area contributed by atoms with Gasteiger partial charge in [0, 0.05) is 4.90 Å². The van der Waals surface area contributed by atoms with E-state index >= 15 is 0 Å². The average Bonchev–Trinajstić information content (AvgIpc) is 3.05. The smallest absolute Gasteiger partial charge is 0.235 e. The molecule has 0 bridgehead atoms. The SMILES string of the molecule is N#CC1(NC(=O)C2Cc3ccccc3S2)CCCC1. The molecule has 1 N–H and O–H groups in total. The van der Waals surface area contributed by atoms with Gasteiger partial charge in [-0.3, -0.25) is 4.79 Å². The number of nitriles is 1. The normalized spacial score (nSPS) is 23.6. The maximum atomic E-state index is 12.4. The zero-order chi connectivity index (χ0) is 13.3. The Labute approximate surface area is 117 Å². The second-order valence-corrected chi connectivity index (χ2v) is 6.55. The van der Waals surface area contributed by atoms with Gasteiger partial charge >= 0.3 is 0 Å². The van der Waals surface area contributed by atoms with Crippen molar-refractivity contribution in [3.8, 4) is 6.07 Å². The van der Waals surface area contributed by atoms with Gasteiger partial charge in [0.05, 0.1) is 11.3 Å². The van der Waals surface area contributed by atoms with E-state index in [1.165, 1.54) is 10.5 Å². The van der Waals surface area contributed by atoms with Crippen LogP contribution in [0.1, 0.15) is 31.2 Å². The van der Waals surface area contributed by atoms with Crippen LogP contribution in [-0.2, 0) is 11.2 Å². The van der Waals surface area contributed by atoms with Crippen LogP contribution in [0.15, 0.2) is 29.2 Å². The quantitative estimate of drug-likeness (QED) is 0.900. The molecular formula is C15H16N2OS. The second kappa shape index (κ2) is 4.90. The minimum absolute atomic E-state index is 0.0182. The summed E-state index contributed by atoms with van der Waals surface area (Å²) in [6.07, 6.45) is 4.42. The standard InChI is InChI=1S/C15H16N2OS/c16-10-15(7-3-4-8-15)17-14(18)13-9-11-5-1-2-6-12(11)19-13/h1-2,5-6,13H,3-4,7-9H2,(H,17,18). The highest BCUT2D eigenvalue weighted by Gasteiger charge is 2.38. The second-order valence-electron chi connectivity index (χ2n) is 5.31. The monoisotopic (exact) mass is 272 g/mol. The topological polar surface area (TPSA) is 52.9 Å². The first-order valence-electron chi connectivity index (χ1n) is 6.70. The van der Waals surface area contributed by atoms with Crippen molar-refractivity contribution in [3.63, 3.8) is 0 Å². The molecule has 2 aliphatic rings. The Bertz CT molecular complexity index is 518. The predicted molar refractivity (Wildman–Crippen MR) is 74.7 cm³/mol. The van der Waals surface area contributed by atoms with Gasteiger partial charge in [0.2, 0.25) is 5.91 Å². The lowest BCUT2D eigenvalue weighted by Gasteiger charge is -2.23. The lowest BCUT2D eigenvalue weighted by Crippen LogP contribution is -2.48. The van der Waals surface area contributed by atoms with Gasteiger partial charge in [-0.1, -0.05) is 18.2 Å². The molecule has 1 heterocycles. The summed E-state index contributed by atoms with van der Waals surface area (Å²) >= 11 is 1.62. The van der Waals surface area contributed by atoms with Crippen LogP contribution < -0.4 is 5.32 Å². The minimum Gasteiger partial charge on any atom is -0.337 e. The zero-order valence-electron chi connectivity index (χ0n) is 10.7. The molecule has 98 valence electrons. The molecule has 1 aliphatic heterocycles. The van der Waals surface area contributed by atoms with E-state index in [0.717, 1.165) is 32.1 Å². The van der Waals surface area contributed by atoms with E-state index in [9.17, 15) is 10.1 Å². The van der Waals surface area contributed by atoms with Gasteiger partial charge in [0.25, 0.3) is 0 Å². The summed E-state index contributed by atoms with van der Waals surface area (Å²) in [5.74, 6) is 0.0182. The van der Waals surface area contributed by atoms with E-state index in [-0.39, 0.29) is 11.2 Å². The first kappa shape index (κ1) is 12.6. The van der Waals surface area contributed by atoms with Crippen LogP contribution in [0.3, 0.4) is 0 Å². The van der Waals surface area contributed by atoms with Gasteiger partial charge in [-0.15, -0.1) is 11.8 Å². The molecule has 1 fully saturated rings. The van der Waals surface area contributed by atoms with E-state index in [4.69, 9.17) is 0 Å². The van der Waals surface area contributed by atoms with Crippen LogP contribution in [0, 0.1) is 11.3 Å². The van der Waals surface area contributed by atoms with Crippen molar-refractivity contribution < 1.29 is 4.79 Å². The number of benzene rings is 1. The molecule has 1 aromatic rings. The highest BCUT2D eigenvalue weighted by atomic mass is 32.2. The van der Waals surface area contributed by atoms with Gasteiger partial charge in [-0.05, 0) is 43.7 Å². The molecule has 1 amide bonds. The molecule has 1 aromatic carbocycles. The van der Waals surface area contributed by atoms with Crippen LogP contribution in [0.5, 0.6) is 0 Å². The molecule has 3 nitrogen and oxygen atoms in total. The lowest BCUT2D eigenvalue weighted by atomic mass is 9.99. The maximum Gasteiger partial charge on any atom is 0.235 e. The summed E-state index contributed by atoms with van der Waals surface area (Å²) in [6, 6.07) is 10.5. The fourth-order valence-electron chi connectivity index (χ4n) is 2.89. The van der Waals surface area contributed by atoms with Gasteiger partial charge < -0.3 is 5.32 Å². The zero-order valence-corrected chi connectivity index (χ0v) is 11.5. The fourth-order valence-corrected chi connectivity index (χ4v) is 4.08. The summed E-state index contributed by atoms with van der Waals surface area (Å²) < 4.78 is 0. The minimum atomic E-state index is -0.605. The molecule has 3 rings (SSSR count). The van der Waals surface area contributed by atoms with Gasteiger partial charge in [0.15, 0.2) is 0 Å². The summed E-state index contributed by atoms with van der Waals surface area (Å²) in [7, 11) is 0. The molecule has 4 heteroatoms. The van der Waals surface area contributed by atoms with E-state index in [1.54, 1.807) is 11.8 Å². The first-order valence-corrected chi connectivity index (χ1v) is 7.58. The van der Waals surface area contributed by atoms with Crippen molar-refractivity contribution in [2.75, 3.05) is 0 Å². The molecule has 1 saturated carbocycles. The van der Waals surface area contributed by atoms with Gasteiger partial charge in [-0.2, -0.15) is 5.26 Å². The Kier molecular flexibility index (Phi) is 3.24. The van der Waals surface area contributed by atoms with E-state index < -0.39 is 5.54 Å². The number of thioether (sulfide) groups is 1. The molecular weight excluding hydrogens is 256 g/mol.